The van der Waals surface area contributed by atoms with Gasteiger partial charge in [-0.2, -0.15) is 0 Å². The Labute approximate surface area is 107 Å². The zero-order valence-corrected chi connectivity index (χ0v) is 11.9. The molecule has 0 saturated carbocycles. The van der Waals surface area contributed by atoms with Gasteiger partial charge >= 0.3 is 0 Å². The molecule has 0 bridgehead atoms. The minimum absolute atomic E-state index is 0.737. The highest BCUT2D eigenvalue weighted by molar-refractivity contribution is 4.82. The van der Waals surface area contributed by atoms with E-state index in [1.165, 1.54) is 51.7 Å². The second kappa shape index (κ2) is 8.90. The number of methoxy groups -OCH3 is 1. The molecule has 0 aromatic rings. The first-order valence-corrected chi connectivity index (χ1v) is 7.24. The minimum atomic E-state index is 0.737. The van der Waals surface area contributed by atoms with Crippen LogP contribution in [0.25, 0.3) is 0 Å². The van der Waals surface area contributed by atoms with Crippen molar-refractivity contribution in [3.05, 3.63) is 0 Å². The summed E-state index contributed by atoms with van der Waals surface area (Å²) in [5.41, 5.74) is 0. The molecule has 17 heavy (non-hydrogen) atoms. The summed E-state index contributed by atoms with van der Waals surface area (Å²) in [4.78, 5) is 2.64. The van der Waals surface area contributed by atoms with Crippen LogP contribution in [0.3, 0.4) is 0 Å². The van der Waals surface area contributed by atoms with E-state index in [9.17, 15) is 0 Å². The molecule has 3 nitrogen and oxygen atoms in total. The fraction of sp³-hybridized carbons (Fsp3) is 1.00. The van der Waals surface area contributed by atoms with Crippen LogP contribution in [0, 0.1) is 0 Å². The molecule has 1 aliphatic rings. The average Bonchev–Trinajstić information content (AvgIpc) is 2.34. The van der Waals surface area contributed by atoms with E-state index in [1.54, 1.807) is 7.11 Å². The van der Waals surface area contributed by atoms with Crippen LogP contribution in [0.2, 0.25) is 0 Å². The van der Waals surface area contributed by atoms with Crippen LogP contribution in [0.5, 0.6) is 0 Å². The predicted octanol–water partition coefficient (Wildman–Crippen LogP) is 2.27. The monoisotopic (exact) mass is 242 g/mol. The van der Waals surface area contributed by atoms with Gasteiger partial charge in [-0.25, -0.2) is 0 Å². The molecule has 0 aromatic heterocycles. The van der Waals surface area contributed by atoms with Crippen LogP contribution < -0.4 is 5.32 Å². The van der Waals surface area contributed by atoms with Gasteiger partial charge in [0.1, 0.15) is 0 Å². The number of nitrogens with zero attached hydrogens (tertiary/aromatic N) is 1. The fourth-order valence-corrected chi connectivity index (χ4v) is 2.65. The SMILES string of the molecule is CCCNC1CCN(CCCCOC)C(C)C1. The van der Waals surface area contributed by atoms with Crippen molar-refractivity contribution in [1.29, 1.82) is 0 Å². The molecule has 1 fully saturated rings. The molecule has 0 aromatic carbocycles. The largest absolute Gasteiger partial charge is 0.385 e. The summed E-state index contributed by atoms with van der Waals surface area (Å²) in [5.74, 6) is 0. The van der Waals surface area contributed by atoms with Gasteiger partial charge in [0, 0.05) is 25.8 Å². The Morgan fingerprint density at radius 3 is 2.82 bits per heavy atom. The molecule has 2 unspecified atom stereocenters. The number of piperidine rings is 1. The highest BCUT2D eigenvalue weighted by Gasteiger charge is 2.24. The molecule has 0 amide bonds. The van der Waals surface area contributed by atoms with Gasteiger partial charge < -0.3 is 15.0 Å². The van der Waals surface area contributed by atoms with E-state index in [4.69, 9.17) is 4.74 Å². The molecule has 2 atom stereocenters. The first-order chi connectivity index (χ1) is 8.27. The fourth-order valence-electron chi connectivity index (χ4n) is 2.65. The number of ether oxygens (including phenoxy) is 1. The number of rotatable bonds is 8. The van der Waals surface area contributed by atoms with E-state index in [2.05, 4.69) is 24.1 Å². The van der Waals surface area contributed by atoms with Crippen LogP contribution >= 0.6 is 0 Å². The number of nitrogens with one attached hydrogen (secondary N) is 1. The van der Waals surface area contributed by atoms with Crippen molar-refractivity contribution in [3.8, 4) is 0 Å². The predicted molar refractivity (Wildman–Crippen MR) is 73.5 cm³/mol. The minimum Gasteiger partial charge on any atom is -0.385 e. The second-order valence-corrected chi connectivity index (χ2v) is 5.26. The molecular weight excluding hydrogens is 212 g/mol. The lowest BCUT2D eigenvalue weighted by molar-refractivity contribution is 0.126. The quantitative estimate of drug-likeness (QED) is 0.661. The zero-order chi connectivity index (χ0) is 12.5. The van der Waals surface area contributed by atoms with E-state index in [1.807, 2.05) is 0 Å². The molecule has 0 radical (unpaired) electrons. The van der Waals surface area contributed by atoms with Crippen molar-refractivity contribution in [2.24, 2.45) is 0 Å². The van der Waals surface area contributed by atoms with Crippen molar-refractivity contribution in [1.82, 2.24) is 10.2 Å². The molecule has 0 aliphatic carbocycles. The highest BCUT2D eigenvalue weighted by atomic mass is 16.5. The van der Waals surface area contributed by atoms with Crippen LogP contribution in [0.15, 0.2) is 0 Å². The lowest BCUT2D eigenvalue weighted by Crippen LogP contribution is -2.47. The van der Waals surface area contributed by atoms with Crippen molar-refractivity contribution in [3.63, 3.8) is 0 Å². The summed E-state index contributed by atoms with van der Waals surface area (Å²) in [6, 6.07) is 1.49. The van der Waals surface area contributed by atoms with Crippen molar-refractivity contribution >= 4 is 0 Å². The summed E-state index contributed by atoms with van der Waals surface area (Å²) >= 11 is 0. The summed E-state index contributed by atoms with van der Waals surface area (Å²) in [7, 11) is 1.79. The van der Waals surface area contributed by atoms with Crippen LogP contribution in [-0.4, -0.2) is 50.3 Å². The van der Waals surface area contributed by atoms with Gasteiger partial charge in [-0.15, -0.1) is 0 Å². The molecule has 102 valence electrons. The smallest absolute Gasteiger partial charge is 0.0462 e. The second-order valence-electron chi connectivity index (χ2n) is 5.26. The van der Waals surface area contributed by atoms with Crippen molar-refractivity contribution in [2.45, 2.75) is 58.0 Å². The first kappa shape index (κ1) is 14.9. The van der Waals surface area contributed by atoms with Crippen LogP contribution in [0.4, 0.5) is 0 Å². The lowest BCUT2D eigenvalue weighted by atomic mass is 9.98. The molecule has 1 saturated heterocycles. The van der Waals surface area contributed by atoms with E-state index < -0.39 is 0 Å². The van der Waals surface area contributed by atoms with Gasteiger partial charge in [0.15, 0.2) is 0 Å². The normalized spacial score (nSPS) is 26.3. The maximum absolute atomic E-state index is 5.09. The lowest BCUT2D eigenvalue weighted by Gasteiger charge is -2.38. The third-order valence-corrected chi connectivity index (χ3v) is 3.74. The summed E-state index contributed by atoms with van der Waals surface area (Å²) < 4.78 is 5.09. The summed E-state index contributed by atoms with van der Waals surface area (Å²) in [6.07, 6.45) is 6.33. The Kier molecular flexibility index (Phi) is 7.82. The standard InChI is InChI=1S/C14H30N2O/c1-4-8-15-14-7-10-16(13(2)12-14)9-5-6-11-17-3/h13-15H,4-12H2,1-3H3. The Bertz CT molecular complexity index is 187. The van der Waals surface area contributed by atoms with E-state index in [-0.39, 0.29) is 0 Å². The number of likely N-dealkylation sites (tertiary alicyclic amines) is 1. The van der Waals surface area contributed by atoms with Crippen molar-refractivity contribution in [2.75, 3.05) is 33.4 Å². The van der Waals surface area contributed by atoms with Crippen LogP contribution in [-0.2, 0) is 4.74 Å². The van der Waals surface area contributed by atoms with Gasteiger partial charge in [-0.05, 0) is 58.7 Å². The summed E-state index contributed by atoms with van der Waals surface area (Å²) in [5, 5.41) is 3.65. The first-order valence-electron chi connectivity index (χ1n) is 7.24. The molecule has 3 heteroatoms. The van der Waals surface area contributed by atoms with Gasteiger partial charge in [-0.3, -0.25) is 0 Å². The maximum Gasteiger partial charge on any atom is 0.0462 e. The number of hydrogen-bond donors (Lipinski definition) is 1. The van der Waals surface area contributed by atoms with E-state index >= 15 is 0 Å². The Morgan fingerprint density at radius 1 is 1.35 bits per heavy atom. The highest BCUT2D eigenvalue weighted by Crippen LogP contribution is 2.17. The molecule has 0 spiro atoms. The maximum atomic E-state index is 5.09. The Hall–Kier alpha value is -0.120. The van der Waals surface area contributed by atoms with Gasteiger partial charge in [0.25, 0.3) is 0 Å². The molecule has 1 rings (SSSR count). The Morgan fingerprint density at radius 2 is 2.18 bits per heavy atom. The number of unbranched alkanes of at least 4 members (excludes halogenated alkanes) is 1. The van der Waals surface area contributed by atoms with E-state index in [0.717, 1.165) is 18.7 Å². The summed E-state index contributed by atoms with van der Waals surface area (Å²) in [6.45, 7) is 9.19. The third-order valence-electron chi connectivity index (χ3n) is 3.74. The Balaban J connectivity index is 2.14. The third kappa shape index (κ3) is 5.84. The van der Waals surface area contributed by atoms with Crippen LogP contribution in [0.1, 0.15) is 46.0 Å². The van der Waals surface area contributed by atoms with Gasteiger partial charge in [-0.1, -0.05) is 6.92 Å². The van der Waals surface area contributed by atoms with E-state index in [0.29, 0.717) is 0 Å². The van der Waals surface area contributed by atoms with Gasteiger partial charge in [0.05, 0.1) is 0 Å². The van der Waals surface area contributed by atoms with Crippen molar-refractivity contribution < 1.29 is 4.74 Å². The molecule has 1 heterocycles. The zero-order valence-electron chi connectivity index (χ0n) is 11.9. The average molecular weight is 242 g/mol. The van der Waals surface area contributed by atoms with Gasteiger partial charge in [0.2, 0.25) is 0 Å². The molecule has 1 aliphatic heterocycles. The topological polar surface area (TPSA) is 24.5 Å². The number of hydrogen-bond acceptors (Lipinski definition) is 3. The molecular formula is C14H30N2O. The molecule has 1 N–H and O–H groups in total.